The maximum absolute atomic E-state index is 6.51. The van der Waals surface area contributed by atoms with Gasteiger partial charge in [-0.3, -0.25) is 4.90 Å². The number of hydrogen-bond donors (Lipinski definition) is 1. The third kappa shape index (κ3) is 5.10. The fourth-order valence-corrected chi connectivity index (χ4v) is 2.72. The molecule has 0 aliphatic rings. The van der Waals surface area contributed by atoms with Crippen molar-refractivity contribution in [3.05, 3.63) is 35.4 Å². The first-order valence-electron chi connectivity index (χ1n) is 8.14. The van der Waals surface area contributed by atoms with Crippen molar-refractivity contribution < 1.29 is 4.74 Å². The van der Waals surface area contributed by atoms with Gasteiger partial charge in [-0.25, -0.2) is 0 Å². The molecule has 1 aromatic carbocycles. The molecule has 3 nitrogen and oxygen atoms in total. The topological polar surface area (TPSA) is 38.5 Å². The van der Waals surface area contributed by atoms with Crippen LogP contribution in [0.15, 0.2) is 24.3 Å². The molecule has 0 bridgehead atoms. The van der Waals surface area contributed by atoms with Crippen LogP contribution in [0.3, 0.4) is 0 Å². The van der Waals surface area contributed by atoms with Crippen molar-refractivity contribution in [1.29, 1.82) is 0 Å². The van der Waals surface area contributed by atoms with E-state index in [1.165, 1.54) is 11.1 Å². The largest absolute Gasteiger partial charge is 0.383 e. The average molecular weight is 292 g/mol. The number of hydrogen-bond acceptors (Lipinski definition) is 3. The van der Waals surface area contributed by atoms with Crippen molar-refractivity contribution >= 4 is 0 Å². The summed E-state index contributed by atoms with van der Waals surface area (Å²) in [5.41, 5.74) is 9.08. The Bertz CT molecular complexity index is 391. The summed E-state index contributed by atoms with van der Waals surface area (Å²) in [5.74, 6) is 0. The summed E-state index contributed by atoms with van der Waals surface area (Å²) in [7, 11) is 1.75. The van der Waals surface area contributed by atoms with E-state index >= 15 is 0 Å². The molecule has 0 amide bonds. The first-order valence-corrected chi connectivity index (χ1v) is 8.14. The summed E-state index contributed by atoms with van der Waals surface area (Å²) in [6.07, 6.45) is 2.19. The molecule has 2 N–H and O–H groups in total. The number of ether oxygens (including phenoxy) is 1. The van der Waals surface area contributed by atoms with E-state index in [4.69, 9.17) is 10.5 Å². The molecule has 21 heavy (non-hydrogen) atoms. The fraction of sp³-hybridized carbons (Fsp3) is 0.667. The number of methoxy groups -OCH3 is 1. The smallest absolute Gasteiger partial charge is 0.0589 e. The monoisotopic (exact) mass is 292 g/mol. The third-order valence-corrected chi connectivity index (χ3v) is 4.53. The second-order valence-corrected chi connectivity index (χ2v) is 5.85. The van der Waals surface area contributed by atoms with Crippen LogP contribution in [0.25, 0.3) is 0 Å². The highest BCUT2D eigenvalue weighted by atomic mass is 16.5. The standard InChI is InChI=1S/C18H32N2O/c1-6-14(3)20(12-13-21-5)15(4)18(19)17-10-8-16(7-2)9-11-17/h8-11,14-15,18H,6-7,12-13,19H2,1-5H3. The van der Waals surface area contributed by atoms with Crippen LogP contribution in [-0.2, 0) is 11.2 Å². The van der Waals surface area contributed by atoms with Crippen molar-refractivity contribution in [2.24, 2.45) is 5.73 Å². The summed E-state index contributed by atoms with van der Waals surface area (Å²) in [6, 6.07) is 9.55. The van der Waals surface area contributed by atoms with Crippen LogP contribution in [0.2, 0.25) is 0 Å². The van der Waals surface area contributed by atoms with Crippen LogP contribution < -0.4 is 5.73 Å². The van der Waals surface area contributed by atoms with Gasteiger partial charge in [0.1, 0.15) is 0 Å². The van der Waals surface area contributed by atoms with Gasteiger partial charge >= 0.3 is 0 Å². The minimum Gasteiger partial charge on any atom is -0.383 e. The van der Waals surface area contributed by atoms with Gasteiger partial charge in [0.2, 0.25) is 0 Å². The molecule has 0 saturated carbocycles. The van der Waals surface area contributed by atoms with E-state index in [9.17, 15) is 0 Å². The van der Waals surface area contributed by atoms with Gasteiger partial charge in [-0.05, 0) is 37.8 Å². The SMILES string of the molecule is CCc1ccc(C(N)C(C)N(CCOC)C(C)CC)cc1. The van der Waals surface area contributed by atoms with Crippen LogP contribution >= 0.6 is 0 Å². The van der Waals surface area contributed by atoms with Crippen molar-refractivity contribution in [2.45, 2.75) is 58.7 Å². The maximum atomic E-state index is 6.51. The first-order chi connectivity index (χ1) is 10.0. The van der Waals surface area contributed by atoms with Crippen molar-refractivity contribution in [3.8, 4) is 0 Å². The first kappa shape index (κ1) is 18.1. The molecule has 1 rings (SSSR count). The van der Waals surface area contributed by atoms with E-state index < -0.39 is 0 Å². The molecular weight excluding hydrogens is 260 g/mol. The fourth-order valence-electron chi connectivity index (χ4n) is 2.72. The lowest BCUT2D eigenvalue weighted by atomic mass is 9.97. The Kier molecular flexibility index (Phi) is 7.94. The summed E-state index contributed by atoms with van der Waals surface area (Å²) in [6.45, 7) is 10.6. The van der Waals surface area contributed by atoms with Gasteiger partial charge in [0.05, 0.1) is 6.61 Å². The zero-order valence-electron chi connectivity index (χ0n) is 14.3. The van der Waals surface area contributed by atoms with Gasteiger partial charge in [-0.1, -0.05) is 38.1 Å². The Balaban J connectivity index is 2.81. The highest BCUT2D eigenvalue weighted by molar-refractivity contribution is 5.25. The van der Waals surface area contributed by atoms with E-state index in [-0.39, 0.29) is 6.04 Å². The number of nitrogens with zero attached hydrogens (tertiary/aromatic N) is 1. The predicted octanol–water partition coefficient (Wildman–Crippen LogP) is 3.38. The maximum Gasteiger partial charge on any atom is 0.0589 e. The Morgan fingerprint density at radius 1 is 1.14 bits per heavy atom. The number of benzene rings is 1. The van der Waals surface area contributed by atoms with E-state index in [0.29, 0.717) is 12.1 Å². The van der Waals surface area contributed by atoms with Crippen LogP contribution in [0.5, 0.6) is 0 Å². The molecule has 3 unspecified atom stereocenters. The molecule has 0 radical (unpaired) electrons. The molecule has 0 aliphatic heterocycles. The normalized spacial score (nSPS) is 16.0. The molecule has 3 atom stereocenters. The van der Waals surface area contributed by atoms with Gasteiger partial charge in [-0.15, -0.1) is 0 Å². The molecule has 3 heteroatoms. The lowest BCUT2D eigenvalue weighted by molar-refractivity contribution is 0.0838. The lowest BCUT2D eigenvalue weighted by Crippen LogP contribution is -2.47. The van der Waals surface area contributed by atoms with Gasteiger partial charge in [-0.2, -0.15) is 0 Å². The molecular formula is C18H32N2O. The highest BCUT2D eigenvalue weighted by Gasteiger charge is 2.24. The van der Waals surface area contributed by atoms with Gasteiger partial charge in [0, 0.05) is 31.8 Å². The molecule has 0 fully saturated rings. The molecule has 0 aromatic heterocycles. The van der Waals surface area contributed by atoms with E-state index in [0.717, 1.165) is 26.0 Å². The predicted molar refractivity (Wildman–Crippen MR) is 90.5 cm³/mol. The second-order valence-electron chi connectivity index (χ2n) is 5.85. The van der Waals surface area contributed by atoms with Gasteiger partial charge < -0.3 is 10.5 Å². The molecule has 0 saturated heterocycles. The third-order valence-electron chi connectivity index (χ3n) is 4.53. The Labute approximate surface area is 130 Å². The van der Waals surface area contributed by atoms with Crippen LogP contribution in [-0.4, -0.2) is 37.2 Å². The summed E-state index contributed by atoms with van der Waals surface area (Å²) < 4.78 is 5.25. The quantitative estimate of drug-likeness (QED) is 0.758. The van der Waals surface area contributed by atoms with E-state index in [1.54, 1.807) is 7.11 Å². The zero-order valence-corrected chi connectivity index (χ0v) is 14.3. The van der Waals surface area contributed by atoms with Crippen LogP contribution in [0, 0.1) is 0 Å². The van der Waals surface area contributed by atoms with E-state index in [1.807, 2.05) is 0 Å². The Hall–Kier alpha value is -0.900. The average Bonchev–Trinajstić information content (AvgIpc) is 2.53. The molecule has 0 heterocycles. The van der Waals surface area contributed by atoms with Crippen molar-refractivity contribution in [2.75, 3.05) is 20.3 Å². The van der Waals surface area contributed by atoms with Crippen LogP contribution in [0.1, 0.15) is 51.3 Å². The molecule has 0 spiro atoms. The molecule has 1 aromatic rings. The molecule has 120 valence electrons. The van der Waals surface area contributed by atoms with Gasteiger partial charge in [0.15, 0.2) is 0 Å². The van der Waals surface area contributed by atoms with Gasteiger partial charge in [0.25, 0.3) is 0 Å². The van der Waals surface area contributed by atoms with E-state index in [2.05, 4.69) is 56.9 Å². The lowest BCUT2D eigenvalue weighted by Gasteiger charge is -2.37. The Morgan fingerprint density at radius 2 is 1.76 bits per heavy atom. The number of aryl methyl sites for hydroxylation is 1. The summed E-state index contributed by atoms with van der Waals surface area (Å²) >= 11 is 0. The Morgan fingerprint density at radius 3 is 2.24 bits per heavy atom. The van der Waals surface area contributed by atoms with Crippen LogP contribution in [0.4, 0.5) is 0 Å². The molecule has 0 aliphatic carbocycles. The minimum atomic E-state index is 0.0294. The van der Waals surface area contributed by atoms with Crippen molar-refractivity contribution in [3.63, 3.8) is 0 Å². The number of nitrogens with two attached hydrogens (primary N) is 1. The zero-order chi connectivity index (χ0) is 15.8. The summed E-state index contributed by atoms with van der Waals surface area (Å²) in [5, 5.41) is 0. The highest BCUT2D eigenvalue weighted by Crippen LogP contribution is 2.22. The summed E-state index contributed by atoms with van der Waals surface area (Å²) in [4.78, 5) is 2.46. The minimum absolute atomic E-state index is 0.0294. The second kappa shape index (κ2) is 9.19. The van der Waals surface area contributed by atoms with Crippen molar-refractivity contribution in [1.82, 2.24) is 4.90 Å². The number of rotatable bonds is 9.